The van der Waals surface area contributed by atoms with Crippen LogP contribution in [-0.4, -0.2) is 33.8 Å². The number of nitrogens with one attached hydrogen (secondary N) is 1. The van der Waals surface area contributed by atoms with E-state index < -0.39 is 25.6 Å². The Kier molecular flexibility index (Phi) is 16.8. The number of carbonyl (C=O) groups is 2. The summed E-state index contributed by atoms with van der Waals surface area (Å²) in [5.74, 6) is -0.0446. The first-order chi connectivity index (χ1) is 29.0. The van der Waals surface area contributed by atoms with E-state index in [0.29, 0.717) is 45.7 Å². The zero-order valence-electron chi connectivity index (χ0n) is 34.8. The molecule has 0 bridgehead atoms. The molecule has 0 aromatic heterocycles. The zero-order chi connectivity index (χ0) is 44.7. The number of anilines is 4. The van der Waals surface area contributed by atoms with Crippen LogP contribution in [0.3, 0.4) is 0 Å². The third-order valence-electron chi connectivity index (χ3n) is 10.2. The van der Waals surface area contributed by atoms with E-state index in [1.807, 2.05) is 36.4 Å². The Balaban J connectivity index is 0.000000223. The van der Waals surface area contributed by atoms with Gasteiger partial charge in [0.2, 0.25) is 19.7 Å². The van der Waals surface area contributed by atoms with Crippen molar-refractivity contribution in [2.24, 2.45) is 0 Å². The first-order valence-corrected chi connectivity index (χ1v) is 22.9. The van der Waals surface area contributed by atoms with E-state index in [1.54, 1.807) is 60.7 Å². The fourth-order valence-electron chi connectivity index (χ4n) is 6.46. The van der Waals surface area contributed by atoms with E-state index in [2.05, 4.69) is 33.0 Å². The highest BCUT2D eigenvalue weighted by Gasteiger charge is 2.19. The van der Waals surface area contributed by atoms with Crippen LogP contribution in [0.15, 0.2) is 165 Å². The number of carboxylic acids is 1. The summed E-state index contributed by atoms with van der Waals surface area (Å²) in [6.07, 6.45) is 4.33. The number of sulfone groups is 2. The fraction of sp³-hybridized carbons (Fsp3) is 0.208. The molecule has 6 rings (SSSR count). The highest BCUT2D eigenvalue weighted by molar-refractivity contribution is 7.91. The average Bonchev–Trinajstić information content (AvgIpc) is 3.26. The van der Waals surface area contributed by atoms with Crippen LogP contribution in [0, 0.1) is 0 Å². The Hall–Kier alpha value is -6.44. The number of carbonyl (C=O) groups excluding carboxylic acids is 1. The van der Waals surface area contributed by atoms with Gasteiger partial charge in [0, 0.05) is 28.3 Å². The largest absolute Gasteiger partial charge is 0.478 e. The Labute approximate surface area is 359 Å². The topological polar surface area (TPSA) is 213 Å². The summed E-state index contributed by atoms with van der Waals surface area (Å²) in [6, 6.07) is 39.2. The molecule has 0 saturated heterocycles. The SMILES string of the molecule is CCC(CC)c1ccc(C(=O)Nc2ccc(S(=O)(=O)c3ccc(N)cc3)cc2)cc1.CCC(CC)c1ccc(C(=O)O)cc1.Nc1ccc(S(=O)(=O)c2ccc(N)cc2)cc1. The van der Waals surface area contributed by atoms with Gasteiger partial charge in [-0.05, 0) is 170 Å². The number of nitrogen functional groups attached to an aromatic ring is 3. The predicted molar refractivity (Wildman–Crippen MR) is 244 cm³/mol. The Morgan fingerprint density at radius 1 is 0.459 bits per heavy atom. The van der Waals surface area contributed by atoms with Gasteiger partial charge in [0.05, 0.1) is 25.1 Å². The molecular formula is C48H54N4O7S2. The van der Waals surface area contributed by atoms with Crippen molar-refractivity contribution in [1.82, 2.24) is 0 Å². The molecule has 0 saturated carbocycles. The number of hydrogen-bond acceptors (Lipinski definition) is 9. The fourth-order valence-corrected chi connectivity index (χ4v) is 8.98. The molecule has 0 aliphatic heterocycles. The molecule has 8 N–H and O–H groups in total. The van der Waals surface area contributed by atoms with Crippen LogP contribution in [0.25, 0.3) is 0 Å². The van der Waals surface area contributed by atoms with Crippen LogP contribution in [0.1, 0.15) is 97.1 Å². The molecule has 1 amide bonds. The smallest absolute Gasteiger partial charge is 0.335 e. The number of nitrogens with two attached hydrogens (primary N) is 3. The standard InChI is InChI=1S/C24H26N2O3S.C12H12N2O2S.C12H16O2/c1-3-17(4-2)18-5-7-19(8-6-18)24(27)26-21-11-15-23(16-12-21)30(28,29)22-13-9-20(25)10-14-22;13-9-1-5-11(6-2-9)17(15,16)12-7-3-10(14)4-8-12;1-3-9(4-2)10-5-7-11(8-6-10)12(13)14/h5-17H,3-4,25H2,1-2H3,(H,26,27);1-8H,13-14H2;5-9H,3-4H2,1-2H3,(H,13,14). The molecule has 320 valence electrons. The highest BCUT2D eigenvalue weighted by Crippen LogP contribution is 2.26. The number of rotatable bonds is 13. The van der Waals surface area contributed by atoms with Gasteiger partial charge in [-0.2, -0.15) is 0 Å². The lowest BCUT2D eigenvalue weighted by molar-refractivity contribution is 0.0696. The van der Waals surface area contributed by atoms with Crippen LogP contribution < -0.4 is 22.5 Å². The van der Waals surface area contributed by atoms with Crippen molar-refractivity contribution in [3.63, 3.8) is 0 Å². The van der Waals surface area contributed by atoms with E-state index in [9.17, 15) is 26.4 Å². The molecule has 0 unspecified atom stereocenters. The Morgan fingerprint density at radius 2 is 0.738 bits per heavy atom. The minimum Gasteiger partial charge on any atom is -0.478 e. The third-order valence-corrected chi connectivity index (χ3v) is 13.8. The summed E-state index contributed by atoms with van der Waals surface area (Å²) < 4.78 is 49.8. The number of aromatic carboxylic acids is 1. The van der Waals surface area contributed by atoms with E-state index in [-0.39, 0.29) is 25.5 Å². The molecule has 61 heavy (non-hydrogen) atoms. The van der Waals surface area contributed by atoms with Gasteiger partial charge in [-0.25, -0.2) is 21.6 Å². The second kappa shape index (κ2) is 21.7. The molecule has 0 aliphatic rings. The lowest BCUT2D eigenvalue weighted by Crippen LogP contribution is -2.12. The highest BCUT2D eigenvalue weighted by atomic mass is 32.2. The molecular weight excluding hydrogens is 809 g/mol. The maximum absolute atomic E-state index is 12.7. The second-order valence-electron chi connectivity index (χ2n) is 14.3. The molecule has 0 spiro atoms. The first kappa shape index (κ1) is 47.2. The molecule has 0 atom stereocenters. The van der Waals surface area contributed by atoms with Crippen molar-refractivity contribution in [1.29, 1.82) is 0 Å². The van der Waals surface area contributed by atoms with E-state index in [0.717, 1.165) is 25.7 Å². The normalized spacial score (nSPS) is 11.2. The van der Waals surface area contributed by atoms with Crippen molar-refractivity contribution in [3.05, 3.63) is 168 Å². The van der Waals surface area contributed by atoms with Crippen LogP contribution in [-0.2, 0) is 19.7 Å². The number of amides is 1. The van der Waals surface area contributed by atoms with Gasteiger partial charge in [0.15, 0.2) is 0 Å². The number of hydrogen-bond donors (Lipinski definition) is 5. The summed E-state index contributed by atoms with van der Waals surface area (Å²) >= 11 is 0. The van der Waals surface area contributed by atoms with E-state index in [1.165, 1.54) is 59.7 Å². The maximum atomic E-state index is 12.7. The predicted octanol–water partition coefficient (Wildman–Crippen LogP) is 10.2. The van der Waals surface area contributed by atoms with Gasteiger partial charge in [-0.15, -0.1) is 0 Å². The van der Waals surface area contributed by atoms with Crippen LogP contribution >= 0.6 is 0 Å². The zero-order valence-corrected chi connectivity index (χ0v) is 36.4. The van der Waals surface area contributed by atoms with Crippen LogP contribution in [0.5, 0.6) is 0 Å². The number of carboxylic acid groups (broad SMARTS) is 1. The van der Waals surface area contributed by atoms with Gasteiger partial charge in [0.25, 0.3) is 5.91 Å². The van der Waals surface area contributed by atoms with Crippen molar-refractivity contribution in [3.8, 4) is 0 Å². The summed E-state index contributed by atoms with van der Waals surface area (Å²) in [5, 5.41) is 11.5. The average molecular weight is 863 g/mol. The van der Waals surface area contributed by atoms with Crippen molar-refractivity contribution in [2.45, 2.75) is 84.8 Å². The quantitative estimate of drug-likeness (QED) is 0.0693. The van der Waals surface area contributed by atoms with Crippen molar-refractivity contribution >= 4 is 54.3 Å². The molecule has 6 aromatic carbocycles. The van der Waals surface area contributed by atoms with Gasteiger partial charge in [0.1, 0.15) is 0 Å². The molecule has 0 fully saturated rings. The Bertz CT molecular complexity index is 2500. The van der Waals surface area contributed by atoms with Gasteiger partial charge in [-0.1, -0.05) is 52.0 Å². The van der Waals surface area contributed by atoms with E-state index >= 15 is 0 Å². The van der Waals surface area contributed by atoms with E-state index in [4.69, 9.17) is 22.3 Å². The summed E-state index contributed by atoms with van der Waals surface area (Å²) in [7, 11) is -7.12. The third kappa shape index (κ3) is 12.8. The summed E-state index contributed by atoms with van der Waals surface area (Å²) in [5.41, 5.74) is 22.1. The first-order valence-electron chi connectivity index (χ1n) is 19.9. The van der Waals surface area contributed by atoms with Crippen LogP contribution in [0.2, 0.25) is 0 Å². The minimum atomic E-state index is -3.64. The summed E-state index contributed by atoms with van der Waals surface area (Å²) in [4.78, 5) is 23.9. The molecule has 0 aliphatic carbocycles. The number of benzene rings is 6. The second-order valence-corrected chi connectivity index (χ2v) is 18.2. The monoisotopic (exact) mass is 862 g/mol. The molecule has 13 heteroatoms. The maximum Gasteiger partial charge on any atom is 0.335 e. The lowest BCUT2D eigenvalue weighted by Gasteiger charge is -2.13. The van der Waals surface area contributed by atoms with Crippen molar-refractivity contribution < 1.29 is 31.5 Å². The van der Waals surface area contributed by atoms with Gasteiger partial charge in [-0.3, -0.25) is 4.79 Å². The molecule has 0 radical (unpaired) electrons. The summed E-state index contributed by atoms with van der Waals surface area (Å²) in [6.45, 7) is 8.62. The molecule has 6 aromatic rings. The van der Waals surface area contributed by atoms with Gasteiger partial charge < -0.3 is 27.6 Å². The molecule has 0 heterocycles. The van der Waals surface area contributed by atoms with Gasteiger partial charge >= 0.3 is 5.97 Å². The van der Waals surface area contributed by atoms with Crippen molar-refractivity contribution in [2.75, 3.05) is 22.5 Å². The lowest BCUT2D eigenvalue weighted by atomic mass is 9.93. The minimum absolute atomic E-state index is 0.153. The van der Waals surface area contributed by atoms with Crippen LogP contribution in [0.4, 0.5) is 22.7 Å². The molecule has 11 nitrogen and oxygen atoms in total. The Morgan fingerprint density at radius 3 is 1.02 bits per heavy atom.